The number of halogens is 7. The van der Waals surface area contributed by atoms with Gasteiger partial charge in [-0.2, -0.15) is 31.4 Å². The molecule has 0 bridgehead atoms. The average Bonchev–Trinajstić information content (AvgIpc) is 3.27. The Morgan fingerprint density at radius 2 is 1.78 bits per heavy atom. The minimum Gasteiger partial charge on any atom is -0.493 e. The molecule has 1 aliphatic rings. The number of nitrogens with zero attached hydrogens (tertiary/aromatic N) is 2. The Balaban J connectivity index is 1.69. The zero-order valence-corrected chi connectivity index (χ0v) is 19.9. The monoisotopic (exact) mass is 548 g/mol. The summed E-state index contributed by atoms with van der Waals surface area (Å²) in [6, 6.07) is 4.37. The summed E-state index contributed by atoms with van der Waals surface area (Å²) >= 11 is 5.61. The fourth-order valence-corrected chi connectivity index (χ4v) is 4.26. The SMILES string of the molecule is COc1ccc(C2CC(C(F)(F)F)n3ncc(C(=O)Nc4ccc(Cl)c(C(F)(F)F)c4)c3N2)cc1OC. The number of carbonyl (C=O) groups is 1. The van der Waals surface area contributed by atoms with E-state index in [2.05, 4.69) is 15.7 Å². The molecule has 1 aliphatic heterocycles. The van der Waals surface area contributed by atoms with Gasteiger partial charge in [0.1, 0.15) is 11.4 Å². The maximum absolute atomic E-state index is 14.0. The number of carbonyl (C=O) groups excluding carboxylic acids is 1. The summed E-state index contributed by atoms with van der Waals surface area (Å²) < 4.78 is 92.5. The molecule has 1 amide bonds. The molecule has 198 valence electrons. The quantitative estimate of drug-likeness (QED) is 0.357. The molecule has 2 unspecified atom stereocenters. The molecule has 14 heteroatoms. The standard InChI is InChI=1S/C23H19ClF6N4O3/c1-36-17-6-3-11(7-18(17)37-2)16-9-19(23(28,29)30)34-20(33-16)13(10-31-34)21(35)32-12-4-5-15(24)14(8-12)22(25,26)27/h3-8,10,16,19,33H,9H2,1-2H3,(H,32,35). The Morgan fingerprint density at radius 3 is 2.41 bits per heavy atom. The molecule has 4 rings (SSSR count). The minimum absolute atomic E-state index is 0.240. The van der Waals surface area contributed by atoms with Crippen LogP contribution in [0.5, 0.6) is 11.5 Å². The van der Waals surface area contributed by atoms with E-state index in [1.165, 1.54) is 26.4 Å². The third-order valence-corrected chi connectivity index (χ3v) is 6.15. The highest BCUT2D eigenvalue weighted by atomic mass is 35.5. The summed E-state index contributed by atoms with van der Waals surface area (Å²) in [4.78, 5) is 12.9. The number of hydrogen-bond acceptors (Lipinski definition) is 5. The summed E-state index contributed by atoms with van der Waals surface area (Å²) in [5.41, 5.74) is -1.28. The van der Waals surface area contributed by atoms with E-state index in [0.29, 0.717) is 27.8 Å². The highest BCUT2D eigenvalue weighted by Crippen LogP contribution is 2.45. The van der Waals surface area contributed by atoms with Gasteiger partial charge < -0.3 is 20.1 Å². The number of nitrogens with one attached hydrogen (secondary N) is 2. The van der Waals surface area contributed by atoms with Crippen LogP contribution in [0.3, 0.4) is 0 Å². The summed E-state index contributed by atoms with van der Waals surface area (Å²) in [5.74, 6) is -0.528. The second-order valence-corrected chi connectivity index (χ2v) is 8.51. The topological polar surface area (TPSA) is 77.4 Å². The lowest BCUT2D eigenvalue weighted by Gasteiger charge is -2.34. The van der Waals surface area contributed by atoms with Gasteiger partial charge in [0, 0.05) is 12.1 Å². The van der Waals surface area contributed by atoms with Crippen LogP contribution < -0.4 is 20.1 Å². The van der Waals surface area contributed by atoms with E-state index in [4.69, 9.17) is 21.1 Å². The molecule has 2 atom stereocenters. The summed E-state index contributed by atoms with van der Waals surface area (Å²) in [6.07, 6.45) is -9.00. The predicted molar refractivity (Wildman–Crippen MR) is 122 cm³/mol. The van der Waals surface area contributed by atoms with Crippen LogP contribution in [0, 0.1) is 0 Å². The first-order valence-electron chi connectivity index (χ1n) is 10.6. The van der Waals surface area contributed by atoms with Crippen molar-refractivity contribution >= 4 is 29.0 Å². The molecule has 2 heterocycles. The second-order valence-electron chi connectivity index (χ2n) is 8.10. The molecule has 0 spiro atoms. The van der Waals surface area contributed by atoms with Crippen molar-refractivity contribution in [3.05, 3.63) is 64.3 Å². The van der Waals surface area contributed by atoms with Gasteiger partial charge in [-0.15, -0.1) is 0 Å². The molecular weight excluding hydrogens is 530 g/mol. The van der Waals surface area contributed by atoms with Gasteiger partial charge in [0.15, 0.2) is 17.5 Å². The number of ether oxygens (including phenoxy) is 2. The second kappa shape index (κ2) is 9.69. The van der Waals surface area contributed by atoms with Gasteiger partial charge in [-0.05, 0) is 35.9 Å². The van der Waals surface area contributed by atoms with E-state index in [1.54, 1.807) is 6.07 Å². The molecule has 0 radical (unpaired) electrons. The Hall–Kier alpha value is -3.61. The number of benzene rings is 2. The third kappa shape index (κ3) is 5.26. The lowest BCUT2D eigenvalue weighted by molar-refractivity contribution is -0.173. The number of alkyl halides is 6. The van der Waals surface area contributed by atoms with Gasteiger partial charge in [-0.3, -0.25) is 4.79 Å². The fraction of sp³-hybridized carbons (Fsp3) is 0.304. The van der Waals surface area contributed by atoms with Crippen molar-refractivity contribution in [3.63, 3.8) is 0 Å². The number of rotatable bonds is 5. The van der Waals surface area contributed by atoms with Gasteiger partial charge in [-0.1, -0.05) is 17.7 Å². The first kappa shape index (κ1) is 26.5. The summed E-state index contributed by atoms with van der Waals surface area (Å²) in [6.45, 7) is 0. The molecule has 0 saturated carbocycles. The fourth-order valence-electron chi connectivity index (χ4n) is 4.04. The summed E-state index contributed by atoms with van der Waals surface area (Å²) in [7, 11) is 2.80. The first-order valence-corrected chi connectivity index (χ1v) is 11.0. The van der Waals surface area contributed by atoms with E-state index in [1.807, 2.05) is 0 Å². The number of amides is 1. The van der Waals surface area contributed by atoms with E-state index < -0.39 is 47.4 Å². The number of methoxy groups -OCH3 is 2. The van der Waals surface area contributed by atoms with E-state index in [0.717, 1.165) is 18.3 Å². The molecule has 2 N–H and O–H groups in total. The minimum atomic E-state index is -4.77. The van der Waals surface area contributed by atoms with Crippen molar-refractivity contribution in [2.75, 3.05) is 24.9 Å². The maximum Gasteiger partial charge on any atom is 0.417 e. The molecular formula is C23H19ClF6N4O3. The third-order valence-electron chi connectivity index (χ3n) is 5.82. The van der Waals surface area contributed by atoms with E-state index in [-0.39, 0.29) is 17.1 Å². The molecule has 0 fully saturated rings. The smallest absolute Gasteiger partial charge is 0.417 e. The Labute approximate surface area is 211 Å². The number of hydrogen-bond donors (Lipinski definition) is 2. The molecule has 2 aromatic carbocycles. The number of anilines is 2. The lowest BCUT2D eigenvalue weighted by Crippen LogP contribution is -2.36. The predicted octanol–water partition coefficient (Wildman–Crippen LogP) is 6.49. The number of fused-ring (bicyclic) bond motifs is 1. The molecule has 0 aliphatic carbocycles. The van der Waals surface area contributed by atoms with Crippen LogP contribution >= 0.6 is 11.6 Å². The van der Waals surface area contributed by atoms with Gasteiger partial charge in [0.25, 0.3) is 5.91 Å². The van der Waals surface area contributed by atoms with Crippen molar-refractivity contribution in [1.82, 2.24) is 9.78 Å². The highest BCUT2D eigenvalue weighted by molar-refractivity contribution is 6.31. The van der Waals surface area contributed by atoms with E-state index in [9.17, 15) is 31.1 Å². The highest BCUT2D eigenvalue weighted by Gasteiger charge is 2.47. The molecule has 1 aromatic heterocycles. The van der Waals surface area contributed by atoms with Crippen LogP contribution in [-0.4, -0.2) is 36.1 Å². The van der Waals surface area contributed by atoms with Crippen molar-refractivity contribution in [2.24, 2.45) is 0 Å². The van der Waals surface area contributed by atoms with Crippen molar-refractivity contribution in [3.8, 4) is 11.5 Å². The van der Waals surface area contributed by atoms with Crippen LogP contribution in [-0.2, 0) is 6.18 Å². The summed E-state index contributed by atoms with van der Waals surface area (Å²) in [5, 5.41) is 8.36. The van der Waals surface area contributed by atoms with Crippen molar-refractivity contribution in [2.45, 2.75) is 30.9 Å². The van der Waals surface area contributed by atoms with Gasteiger partial charge >= 0.3 is 12.4 Å². The normalized spacial score (nSPS) is 17.5. The van der Waals surface area contributed by atoms with Crippen LogP contribution in [0.25, 0.3) is 0 Å². The lowest BCUT2D eigenvalue weighted by atomic mass is 9.96. The van der Waals surface area contributed by atoms with Gasteiger partial charge in [0.2, 0.25) is 0 Å². The van der Waals surface area contributed by atoms with Gasteiger partial charge in [0.05, 0.1) is 37.0 Å². The van der Waals surface area contributed by atoms with Crippen molar-refractivity contribution in [1.29, 1.82) is 0 Å². The largest absolute Gasteiger partial charge is 0.493 e. The van der Waals surface area contributed by atoms with Crippen LogP contribution in [0.2, 0.25) is 5.02 Å². The Morgan fingerprint density at radius 1 is 1.08 bits per heavy atom. The first-order chi connectivity index (χ1) is 17.3. The number of aromatic nitrogens is 2. The average molecular weight is 549 g/mol. The van der Waals surface area contributed by atoms with Crippen LogP contribution in [0.4, 0.5) is 37.8 Å². The molecule has 7 nitrogen and oxygen atoms in total. The van der Waals surface area contributed by atoms with Crippen molar-refractivity contribution < 1.29 is 40.6 Å². The Kier molecular flexibility index (Phi) is 6.93. The van der Waals surface area contributed by atoms with E-state index >= 15 is 0 Å². The zero-order chi connectivity index (χ0) is 27.1. The molecule has 0 saturated heterocycles. The van der Waals surface area contributed by atoms with Gasteiger partial charge in [-0.25, -0.2) is 4.68 Å². The maximum atomic E-state index is 14.0. The van der Waals surface area contributed by atoms with Crippen LogP contribution in [0.15, 0.2) is 42.6 Å². The molecule has 37 heavy (non-hydrogen) atoms. The Bertz CT molecular complexity index is 1320. The zero-order valence-electron chi connectivity index (χ0n) is 19.2. The molecule has 3 aromatic rings. The van der Waals surface area contributed by atoms with Crippen LogP contribution in [0.1, 0.15) is 40.0 Å².